The van der Waals surface area contributed by atoms with Gasteiger partial charge in [-0.1, -0.05) is 37.2 Å². The number of aryl methyl sites for hydroxylation is 1. The molecule has 1 N–H and O–H groups in total. The van der Waals surface area contributed by atoms with E-state index in [2.05, 4.69) is 22.4 Å². The molecule has 2 aromatic rings. The Morgan fingerprint density at radius 2 is 2.09 bits per heavy atom. The molecule has 0 unspecified atom stereocenters. The van der Waals surface area contributed by atoms with Crippen molar-refractivity contribution in [3.63, 3.8) is 0 Å². The third-order valence-electron chi connectivity index (χ3n) is 3.31. The zero-order valence-corrected chi connectivity index (χ0v) is 14.1. The molecule has 2 rings (SSSR count). The molecule has 118 valence electrons. The lowest BCUT2D eigenvalue weighted by Crippen LogP contribution is -2.14. The van der Waals surface area contributed by atoms with Crippen LogP contribution in [0.2, 0.25) is 0 Å². The van der Waals surface area contributed by atoms with Crippen molar-refractivity contribution in [1.82, 2.24) is 10.2 Å². The smallest absolute Gasteiger partial charge is 0.257 e. The molecule has 0 fully saturated rings. The Morgan fingerprint density at radius 1 is 1.27 bits per heavy atom. The maximum absolute atomic E-state index is 12.3. The van der Waals surface area contributed by atoms with Gasteiger partial charge in [-0.3, -0.25) is 10.1 Å². The maximum Gasteiger partial charge on any atom is 0.257 e. The number of hydrogen-bond donors (Lipinski definition) is 1. The lowest BCUT2D eigenvalue weighted by Gasteiger charge is -2.13. The van der Waals surface area contributed by atoms with Crippen LogP contribution in [-0.4, -0.2) is 30.2 Å². The summed E-state index contributed by atoms with van der Waals surface area (Å²) in [7, 11) is 3.90. The SMILES string of the molecule is CCCCCc1nnc(NC(=O)c2cccc(N(C)C)c2)s1. The van der Waals surface area contributed by atoms with E-state index < -0.39 is 0 Å². The highest BCUT2D eigenvalue weighted by atomic mass is 32.1. The quantitative estimate of drug-likeness (QED) is 0.793. The molecule has 5 nitrogen and oxygen atoms in total. The van der Waals surface area contributed by atoms with Crippen molar-refractivity contribution in [2.45, 2.75) is 32.6 Å². The molecule has 1 heterocycles. The van der Waals surface area contributed by atoms with Gasteiger partial charge in [-0.2, -0.15) is 0 Å². The number of carbonyl (C=O) groups is 1. The Hall–Kier alpha value is -1.95. The van der Waals surface area contributed by atoms with Crippen molar-refractivity contribution >= 4 is 28.1 Å². The van der Waals surface area contributed by atoms with Crippen LogP contribution >= 0.6 is 11.3 Å². The van der Waals surface area contributed by atoms with E-state index in [0.717, 1.165) is 23.5 Å². The summed E-state index contributed by atoms with van der Waals surface area (Å²) in [6.07, 6.45) is 4.42. The first-order valence-electron chi connectivity index (χ1n) is 7.51. The van der Waals surface area contributed by atoms with Crippen LogP contribution in [0.1, 0.15) is 41.6 Å². The van der Waals surface area contributed by atoms with Crippen LogP contribution in [0.4, 0.5) is 10.8 Å². The van der Waals surface area contributed by atoms with Crippen LogP contribution in [0, 0.1) is 0 Å². The second kappa shape index (κ2) is 7.89. The van der Waals surface area contributed by atoms with Crippen molar-refractivity contribution in [3.8, 4) is 0 Å². The molecular formula is C16H22N4OS. The Morgan fingerprint density at radius 3 is 2.82 bits per heavy atom. The van der Waals surface area contributed by atoms with Gasteiger partial charge >= 0.3 is 0 Å². The van der Waals surface area contributed by atoms with Gasteiger partial charge in [0.05, 0.1) is 0 Å². The number of nitrogens with one attached hydrogen (secondary N) is 1. The zero-order chi connectivity index (χ0) is 15.9. The number of amides is 1. The van der Waals surface area contributed by atoms with Crippen LogP contribution in [0.3, 0.4) is 0 Å². The molecule has 0 aliphatic carbocycles. The summed E-state index contributed by atoms with van der Waals surface area (Å²) in [5.41, 5.74) is 1.61. The fourth-order valence-electron chi connectivity index (χ4n) is 2.03. The molecular weight excluding hydrogens is 296 g/mol. The van der Waals surface area contributed by atoms with Gasteiger partial charge in [-0.15, -0.1) is 10.2 Å². The normalized spacial score (nSPS) is 10.5. The Balaban J connectivity index is 1.98. The van der Waals surface area contributed by atoms with Gasteiger partial charge in [0.2, 0.25) is 5.13 Å². The molecule has 0 spiro atoms. The van der Waals surface area contributed by atoms with E-state index in [4.69, 9.17) is 0 Å². The molecule has 0 atom stereocenters. The Kier molecular flexibility index (Phi) is 5.89. The van der Waals surface area contributed by atoms with Crippen molar-refractivity contribution in [2.75, 3.05) is 24.3 Å². The van der Waals surface area contributed by atoms with E-state index in [1.54, 1.807) is 6.07 Å². The highest BCUT2D eigenvalue weighted by molar-refractivity contribution is 7.15. The molecule has 1 aromatic carbocycles. The van der Waals surface area contributed by atoms with E-state index in [1.165, 1.54) is 24.2 Å². The highest BCUT2D eigenvalue weighted by Crippen LogP contribution is 2.19. The highest BCUT2D eigenvalue weighted by Gasteiger charge is 2.11. The third kappa shape index (κ3) is 4.53. The number of aromatic nitrogens is 2. The second-order valence-electron chi connectivity index (χ2n) is 5.36. The minimum absolute atomic E-state index is 0.153. The number of hydrogen-bond acceptors (Lipinski definition) is 5. The van der Waals surface area contributed by atoms with Gasteiger partial charge in [-0.05, 0) is 24.6 Å². The molecule has 0 aliphatic heterocycles. The number of anilines is 2. The Labute approximate surface area is 135 Å². The van der Waals surface area contributed by atoms with Crippen molar-refractivity contribution < 1.29 is 4.79 Å². The molecule has 0 radical (unpaired) electrons. The average Bonchev–Trinajstić information content (AvgIpc) is 2.95. The molecule has 1 amide bonds. The molecule has 22 heavy (non-hydrogen) atoms. The van der Waals surface area contributed by atoms with Gasteiger partial charge in [0.1, 0.15) is 5.01 Å². The van der Waals surface area contributed by atoms with E-state index in [0.29, 0.717) is 10.7 Å². The van der Waals surface area contributed by atoms with Crippen molar-refractivity contribution in [3.05, 3.63) is 34.8 Å². The van der Waals surface area contributed by atoms with Gasteiger partial charge in [0, 0.05) is 31.8 Å². The molecule has 0 saturated heterocycles. The first-order valence-corrected chi connectivity index (χ1v) is 8.33. The van der Waals surface area contributed by atoms with Gasteiger partial charge < -0.3 is 4.90 Å². The van der Waals surface area contributed by atoms with E-state index >= 15 is 0 Å². The second-order valence-corrected chi connectivity index (χ2v) is 6.42. The number of benzene rings is 1. The number of unbranched alkanes of at least 4 members (excludes halogenated alkanes) is 2. The summed E-state index contributed by atoms with van der Waals surface area (Å²) in [6, 6.07) is 7.50. The summed E-state index contributed by atoms with van der Waals surface area (Å²) in [6.45, 7) is 2.17. The lowest BCUT2D eigenvalue weighted by molar-refractivity contribution is 0.102. The fourth-order valence-corrected chi connectivity index (χ4v) is 2.80. The monoisotopic (exact) mass is 318 g/mol. The van der Waals surface area contributed by atoms with Crippen LogP contribution in [-0.2, 0) is 6.42 Å². The summed E-state index contributed by atoms with van der Waals surface area (Å²) in [5.74, 6) is -0.153. The van der Waals surface area contributed by atoms with Crippen molar-refractivity contribution in [2.24, 2.45) is 0 Å². The minimum Gasteiger partial charge on any atom is -0.378 e. The first kappa shape index (κ1) is 16.4. The average molecular weight is 318 g/mol. The topological polar surface area (TPSA) is 58.1 Å². The molecule has 6 heteroatoms. The molecule has 0 aliphatic rings. The zero-order valence-electron chi connectivity index (χ0n) is 13.3. The van der Waals surface area contributed by atoms with Gasteiger partial charge in [0.15, 0.2) is 0 Å². The fraction of sp³-hybridized carbons (Fsp3) is 0.438. The van der Waals surface area contributed by atoms with Gasteiger partial charge in [-0.25, -0.2) is 0 Å². The van der Waals surface area contributed by atoms with E-state index in [1.807, 2.05) is 37.2 Å². The summed E-state index contributed by atoms with van der Waals surface area (Å²) < 4.78 is 0. The maximum atomic E-state index is 12.3. The van der Waals surface area contributed by atoms with Crippen LogP contribution in [0.15, 0.2) is 24.3 Å². The molecule has 0 saturated carbocycles. The standard InChI is InChI=1S/C16H22N4OS/c1-4-5-6-10-14-18-19-16(22-14)17-15(21)12-8-7-9-13(11-12)20(2)3/h7-9,11H,4-6,10H2,1-3H3,(H,17,19,21). The van der Waals surface area contributed by atoms with Crippen LogP contribution in [0.25, 0.3) is 0 Å². The summed E-state index contributed by atoms with van der Waals surface area (Å²) >= 11 is 1.45. The minimum atomic E-state index is -0.153. The largest absolute Gasteiger partial charge is 0.378 e. The van der Waals surface area contributed by atoms with Crippen molar-refractivity contribution in [1.29, 1.82) is 0 Å². The van der Waals surface area contributed by atoms with E-state index in [9.17, 15) is 4.79 Å². The molecule has 0 bridgehead atoms. The number of nitrogens with zero attached hydrogens (tertiary/aromatic N) is 3. The van der Waals surface area contributed by atoms with Crippen LogP contribution in [0.5, 0.6) is 0 Å². The van der Waals surface area contributed by atoms with E-state index in [-0.39, 0.29) is 5.91 Å². The number of rotatable bonds is 7. The summed E-state index contributed by atoms with van der Waals surface area (Å²) in [5, 5.41) is 12.5. The predicted molar refractivity (Wildman–Crippen MR) is 91.9 cm³/mol. The third-order valence-corrected chi connectivity index (χ3v) is 4.20. The number of carbonyl (C=O) groups excluding carboxylic acids is 1. The predicted octanol–water partition coefficient (Wildman–Crippen LogP) is 3.59. The summed E-state index contributed by atoms with van der Waals surface area (Å²) in [4.78, 5) is 14.2. The van der Waals surface area contributed by atoms with Gasteiger partial charge in [0.25, 0.3) is 5.91 Å². The first-order chi connectivity index (χ1) is 10.6. The van der Waals surface area contributed by atoms with Crippen LogP contribution < -0.4 is 10.2 Å². The lowest BCUT2D eigenvalue weighted by atomic mass is 10.2. The molecule has 1 aromatic heterocycles. The Bertz CT molecular complexity index is 624.